The van der Waals surface area contributed by atoms with E-state index in [4.69, 9.17) is 9.63 Å². The molecule has 1 aromatic heterocycles. The zero-order valence-electron chi connectivity index (χ0n) is 13.4. The van der Waals surface area contributed by atoms with E-state index in [9.17, 15) is 5.11 Å². The van der Waals surface area contributed by atoms with Crippen LogP contribution in [0, 0.1) is 12.8 Å². The van der Waals surface area contributed by atoms with Crippen molar-refractivity contribution in [2.75, 3.05) is 19.7 Å². The Kier molecular flexibility index (Phi) is 5.05. The van der Waals surface area contributed by atoms with Gasteiger partial charge in [-0.25, -0.2) is 0 Å². The first-order chi connectivity index (χ1) is 11.2. The van der Waals surface area contributed by atoms with Crippen LogP contribution in [0.4, 0.5) is 0 Å². The van der Waals surface area contributed by atoms with Gasteiger partial charge in [-0.1, -0.05) is 29.4 Å². The Morgan fingerprint density at radius 2 is 2.04 bits per heavy atom. The molecule has 2 heterocycles. The van der Waals surface area contributed by atoms with Crippen molar-refractivity contribution < 1.29 is 14.7 Å². The molecular formula is C17H23N3O3. The number of aliphatic hydroxyl groups is 2. The number of likely N-dealkylation sites (tertiary alicyclic amines) is 1. The highest BCUT2D eigenvalue weighted by molar-refractivity contribution is 5.58. The molecule has 0 spiro atoms. The number of rotatable bonds is 5. The van der Waals surface area contributed by atoms with Gasteiger partial charge in [-0.3, -0.25) is 4.90 Å². The zero-order chi connectivity index (χ0) is 16.2. The van der Waals surface area contributed by atoms with Crippen LogP contribution in [0.1, 0.15) is 24.3 Å². The Balaban J connectivity index is 1.59. The third-order valence-corrected chi connectivity index (χ3v) is 4.58. The normalized spacial score (nSPS) is 18.2. The summed E-state index contributed by atoms with van der Waals surface area (Å²) in [5.41, 5.74) is 2.12. The van der Waals surface area contributed by atoms with Crippen LogP contribution in [0.2, 0.25) is 0 Å². The fourth-order valence-electron chi connectivity index (χ4n) is 3.09. The van der Waals surface area contributed by atoms with Crippen LogP contribution < -0.4 is 0 Å². The van der Waals surface area contributed by atoms with Gasteiger partial charge in [-0.05, 0) is 44.3 Å². The van der Waals surface area contributed by atoms with Crippen LogP contribution in [0.5, 0.6) is 0 Å². The maximum absolute atomic E-state index is 9.70. The quantitative estimate of drug-likeness (QED) is 0.872. The van der Waals surface area contributed by atoms with E-state index < -0.39 is 6.10 Å². The molecule has 1 fully saturated rings. The molecule has 1 atom stereocenters. The fourth-order valence-corrected chi connectivity index (χ4v) is 3.09. The number of aryl methyl sites for hydroxylation is 1. The molecule has 0 bridgehead atoms. The second kappa shape index (κ2) is 7.21. The van der Waals surface area contributed by atoms with E-state index in [0.717, 1.165) is 37.1 Å². The Hall–Kier alpha value is -1.76. The Morgan fingerprint density at radius 3 is 2.74 bits per heavy atom. The number of aromatic nitrogens is 2. The van der Waals surface area contributed by atoms with E-state index in [1.165, 1.54) is 0 Å². The summed E-state index contributed by atoms with van der Waals surface area (Å²) >= 11 is 0. The zero-order valence-corrected chi connectivity index (χ0v) is 13.4. The van der Waals surface area contributed by atoms with Gasteiger partial charge < -0.3 is 14.7 Å². The van der Waals surface area contributed by atoms with Crippen molar-refractivity contribution in [3.8, 4) is 11.4 Å². The van der Waals surface area contributed by atoms with Gasteiger partial charge >= 0.3 is 0 Å². The van der Waals surface area contributed by atoms with E-state index >= 15 is 0 Å². The fraction of sp³-hybridized carbons (Fsp3) is 0.529. The van der Waals surface area contributed by atoms with Crippen molar-refractivity contribution in [3.63, 3.8) is 0 Å². The number of nitrogens with zero attached hydrogens (tertiary/aromatic N) is 3. The first kappa shape index (κ1) is 16.1. The standard InChI is InChI=1S/C17H23N3O3/c1-12-4-2-3-5-14(12)17-18-16(23-19-17)10-20-8-6-13(7-9-20)15(22)11-21/h2-5,13,15,21-22H,6-11H2,1H3. The summed E-state index contributed by atoms with van der Waals surface area (Å²) < 4.78 is 5.38. The van der Waals surface area contributed by atoms with Gasteiger partial charge in [0.2, 0.25) is 11.7 Å². The molecule has 23 heavy (non-hydrogen) atoms. The van der Waals surface area contributed by atoms with Crippen molar-refractivity contribution in [1.29, 1.82) is 0 Å². The van der Waals surface area contributed by atoms with E-state index in [1.807, 2.05) is 31.2 Å². The van der Waals surface area contributed by atoms with E-state index in [1.54, 1.807) is 0 Å². The van der Waals surface area contributed by atoms with Crippen molar-refractivity contribution >= 4 is 0 Å². The molecule has 1 saturated heterocycles. The van der Waals surface area contributed by atoms with Gasteiger partial charge in [-0.2, -0.15) is 4.98 Å². The number of hydrogen-bond acceptors (Lipinski definition) is 6. The minimum atomic E-state index is -0.604. The molecule has 124 valence electrons. The highest BCUT2D eigenvalue weighted by Crippen LogP contribution is 2.23. The van der Waals surface area contributed by atoms with Crippen LogP contribution in [0.25, 0.3) is 11.4 Å². The summed E-state index contributed by atoms with van der Waals surface area (Å²) in [7, 11) is 0. The molecule has 0 saturated carbocycles. The number of benzene rings is 1. The summed E-state index contributed by atoms with van der Waals surface area (Å²) in [5, 5.41) is 22.8. The molecule has 1 aromatic carbocycles. The minimum Gasteiger partial charge on any atom is -0.394 e. The molecular weight excluding hydrogens is 294 g/mol. The van der Waals surface area contributed by atoms with E-state index in [2.05, 4.69) is 15.0 Å². The van der Waals surface area contributed by atoms with Gasteiger partial charge in [0, 0.05) is 5.56 Å². The molecule has 6 heteroatoms. The predicted molar refractivity (Wildman–Crippen MR) is 85.6 cm³/mol. The smallest absolute Gasteiger partial charge is 0.241 e. The van der Waals surface area contributed by atoms with E-state index in [-0.39, 0.29) is 12.5 Å². The molecule has 0 amide bonds. The molecule has 1 aliphatic rings. The van der Waals surface area contributed by atoms with Crippen LogP contribution in [-0.4, -0.2) is 51.1 Å². The molecule has 0 aliphatic carbocycles. The minimum absolute atomic E-state index is 0.159. The van der Waals surface area contributed by atoms with Crippen LogP contribution in [0.3, 0.4) is 0 Å². The van der Waals surface area contributed by atoms with Crippen molar-refractivity contribution in [2.24, 2.45) is 5.92 Å². The summed E-state index contributed by atoms with van der Waals surface area (Å²) in [6.45, 7) is 4.23. The number of piperidine rings is 1. The summed E-state index contributed by atoms with van der Waals surface area (Å²) in [6, 6.07) is 7.98. The average Bonchev–Trinajstić information content (AvgIpc) is 3.03. The lowest BCUT2D eigenvalue weighted by Gasteiger charge is -2.32. The van der Waals surface area contributed by atoms with Gasteiger partial charge in [0.25, 0.3) is 0 Å². The van der Waals surface area contributed by atoms with Gasteiger partial charge in [0.15, 0.2) is 0 Å². The lowest BCUT2D eigenvalue weighted by molar-refractivity contribution is 0.0158. The molecule has 6 nitrogen and oxygen atoms in total. The molecule has 1 aliphatic heterocycles. The highest BCUT2D eigenvalue weighted by atomic mass is 16.5. The lowest BCUT2D eigenvalue weighted by Crippen LogP contribution is -2.38. The summed E-state index contributed by atoms with van der Waals surface area (Å²) in [5.74, 6) is 1.43. The Bertz CT molecular complexity index is 636. The van der Waals surface area contributed by atoms with Crippen molar-refractivity contribution in [2.45, 2.75) is 32.4 Å². The van der Waals surface area contributed by atoms with Crippen LogP contribution >= 0.6 is 0 Å². The second-order valence-corrected chi connectivity index (χ2v) is 6.19. The predicted octanol–water partition coefficient (Wildman–Crippen LogP) is 1.61. The van der Waals surface area contributed by atoms with Crippen LogP contribution in [-0.2, 0) is 6.54 Å². The first-order valence-corrected chi connectivity index (χ1v) is 8.07. The maximum Gasteiger partial charge on any atom is 0.241 e. The third-order valence-electron chi connectivity index (χ3n) is 4.58. The average molecular weight is 317 g/mol. The van der Waals surface area contributed by atoms with Gasteiger partial charge in [0.1, 0.15) is 0 Å². The monoisotopic (exact) mass is 317 g/mol. The third kappa shape index (κ3) is 3.77. The molecule has 3 rings (SSSR count). The SMILES string of the molecule is Cc1ccccc1-c1noc(CN2CCC(C(O)CO)CC2)n1. The summed E-state index contributed by atoms with van der Waals surface area (Å²) in [6.07, 6.45) is 1.15. The van der Waals surface area contributed by atoms with Crippen LogP contribution in [0.15, 0.2) is 28.8 Å². The molecule has 2 N–H and O–H groups in total. The van der Waals surface area contributed by atoms with Crippen molar-refractivity contribution in [1.82, 2.24) is 15.0 Å². The summed E-state index contributed by atoms with van der Waals surface area (Å²) in [4.78, 5) is 6.74. The lowest BCUT2D eigenvalue weighted by atomic mass is 9.91. The van der Waals surface area contributed by atoms with Gasteiger partial charge in [0.05, 0.1) is 19.3 Å². The van der Waals surface area contributed by atoms with Gasteiger partial charge in [-0.15, -0.1) is 0 Å². The van der Waals surface area contributed by atoms with Crippen molar-refractivity contribution in [3.05, 3.63) is 35.7 Å². The number of aliphatic hydroxyl groups excluding tert-OH is 2. The maximum atomic E-state index is 9.70. The topological polar surface area (TPSA) is 82.6 Å². The Labute approximate surface area is 135 Å². The first-order valence-electron chi connectivity index (χ1n) is 8.07. The molecule has 0 radical (unpaired) electrons. The molecule has 1 unspecified atom stereocenters. The highest BCUT2D eigenvalue weighted by Gasteiger charge is 2.25. The Morgan fingerprint density at radius 1 is 1.30 bits per heavy atom. The largest absolute Gasteiger partial charge is 0.394 e. The second-order valence-electron chi connectivity index (χ2n) is 6.19. The number of hydrogen-bond donors (Lipinski definition) is 2. The molecule has 2 aromatic rings. The van der Waals surface area contributed by atoms with E-state index in [0.29, 0.717) is 18.3 Å².